The summed E-state index contributed by atoms with van der Waals surface area (Å²) >= 11 is 0. The van der Waals surface area contributed by atoms with Crippen molar-refractivity contribution in [1.29, 1.82) is 0 Å². The molecule has 0 heterocycles. The molecule has 0 aliphatic heterocycles. The average molecular weight is 248 g/mol. The number of hydrogen-bond acceptors (Lipinski definition) is 1. The second-order valence-electron chi connectivity index (χ2n) is 6.99. The predicted molar refractivity (Wildman–Crippen MR) is 79.3 cm³/mol. The number of benzene rings is 1. The summed E-state index contributed by atoms with van der Waals surface area (Å²) in [6.07, 6.45) is 2.23. The first kappa shape index (κ1) is 15.1. The molecule has 1 heteroatoms. The zero-order valence-electron chi connectivity index (χ0n) is 12.8. The highest BCUT2D eigenvalue weighted by Crippen LogP contribution is 2.36. The van der Waals surface area contributed by atoms with Gasteiger partial charge in [0.2, 0.25) is 0 Å². The van der Waals surface area contributed by atoms with Gasteiger partial charge in [-0.3, -0.25) is 0 Å². The van der Waals surface area contributed by atoms with Crippen molar-refractivity contribution in [2.75, 3.05) is 6.61 Å². The maximum Gasteiger partial charge on any atom is 0.119 e. The van der Waals surface area contributed by atoms with Gasteiger partial charge in [-0.15, -0.1) is 0 Å². The van der Waals surface area contributed by atoms with E-state index in [1.165, 1.54) is 12.0 Å². The Morgan fingerprint density at radius 2 is 1.50 bits per heavy atom. The van der Waals surface area contributed by atoms with Crippen molar-refractivity contribution in [3.63, 3.8) is 0 Å². The standard InChI is InChI=1S/C17H28O/c1-7-12-18-15-10-8-14(9-11-15)17(5,6)13-16(2,3)4/h8-11H,7,12-13H2,1-6H3. The van der Waals surface area contributed by atoms with Crippen LogP contribution < -0.4 is 4.74 Å². The Hall–Kier alpha value is -0.980. The van der Waals surface area contributed by atoms with Crippen LogP contribution in [-0.2, 0) is 5.41 Å². The fourth-order valence-electron chi connectivity index (χ4n) is 2.65. The van der Waals surface area contributed by atoms with Crippen LogP contribution in [0.5, 0.6) is 5.75 Å². The maximum atomic E-state index is 5.62. The average Bonchev–Trinajstić information content (AvgIpc) is 2.23. The molecule has 0 unspecified atom stereocenters. The molecule has 18 heavy (non-hydrogen) atoms. The second kappa shape index (κ2) is 5.77. The molecule has 0 bridgehead atoms. The Balaban J connectivity index is 2.77. The normalized spacial score (nSPS) is 12.6. The summed E-state index contributed by atoms with van der Waals surface area (Å²) in [6.45, 7) is 14.5. The van der Waals surface area contributed by atoms with E-state index in [1.807, 2.05) is 0 Å². The molecule has 0 aliphatic rings. The molecular formula is C17H28O. The van der Waals surface area contributed by atoms with E-state index in [2.05, 4.69) is 65.8 Å². The monoisotopic (exact) mass is 248 g/mol. The minimum absolute atomic E-state index is 0.210. The van der Waals surface area contributed by atoms with Crippen LogP contribution in [0.4, 0.5) is 0 Å². The third-order valence-corrected chi connectivity index (χ3v) is 3.08. The van der Waals surface area contributed by atoms with Gasteiger partial charge in [0.25, 0.3) is 0 Å². The summed E-state index contributed by atoms with van der Waals surface area (Å²) in [7, 11) is 0. The zero-order valence-corrected chi connectivity index (χ0v) is 12.8. The first-order chi connectivity index (χ1) is 8.24. The van der Waals surface area contributed by atoms with Crippen LogP contribution in [0, 0.1) is 5.41 Å². The van der Waals surface area contributed by atoms with Crippen molar-refractivity contribution >= 4 is 0 Å². The number of ether oxygens (including phenoxy) is 1. The van der Waals surface area contributed by atoms with Gasteiger partial charge in [0.05, 0.1) is 6.61 Å². The van der Waals surface area contributed by atoms with Crippen molar-refractivity contribution in [3.05, 3.63) is 29.8 Å². The van der Waals surface area contributed by atoms with Crippen molar-refractivity contribution in [2.45, 2.75) is 59.8 Å². The summed E-state index contributed by atoms with van der Waals surface area (Å²) in [4.78, 5) is 0. The van der Waals surface area contributed by atoms with Gasteiger partial charge in [0.1, 0.15) is 5.75 Å². The molecule has 102 valence electrons. The Morgan fingerprint density at radius 1 is 0.944 bits per heavy atom. The van der Waals surface area contributed by atoms with Crippen LogP contribution in [-0.4, -0.2) is 6.61 Å². The molecule has 0 amide bonds. The fourth-order valence-corrected chi connectivity index (χ4v) is 2.65. The molecule has 1 nitrogen and oxygen atoms in total. The molecule has 0 saturated heterocycles. The maximum absolute atomic E-state index is 5.62. The smallest absolute Gasteiger partial charge is 0.119 e. The van der Waals surface area contributed by atoms with Gasteiger partial charge in [0, 0.05) is 0 Å². The molecule has 1 aromatic carbocycles. The van der Waals surface area contributed by atoms with Crippen LogP contribution in [0.15, 0.2) is 24.3 Å². The van der Waals surface area contributed by atoms with Crippen LogP contribution in [0.1, 0.15) is 59.9 Å². The highest BCUT2D eigenvalue weighted by molar-refractivity contribution is 5.31. The lowest BCUT2D eigenvalue weighted by atomic mass is 9.72. The van der Waals surface area contributed by atoms with Crippen molar-refractivity contribution in [3.8, 4) is 5.75 Å². The Kier molecular flexibility index (Phi) is 4.84. The van der Waals surface area contributed by atoms with Gasteiger partial charge in [-0.1, -0.05) is 53.7 Å². The zero-order chi connectivity index (χ0) is 13.8. The quantitative estimate of drug-likeness (QED) is 0.697. The lowest BCUT2D eigenvalue weighted by molar-refractivity contribution is 0.283. The van der Waals surface area contributed by atoms with E-state index < -0.39 is 0 Å². The van der Waals surface area contributed by atoms with Crippen LogP contribution >= 0.6 is 0 Å². The topological polar surface area (TPSA) is 9.23 Å². The van der Waals surface area contributed by atoms with Gasteiger partial charge >= 0.3 is 0 Å². The molecule has 0 fully saturated rings. The number of hydrogen-bond donors (Lipinski definition) is 0. The van der Waals surface area contributed by atoms with E-state index in [-0.39, 0.29) is 5.41 Å². The third-order valence-electron chi connectivity index (χ3n) is 3.08. The Morgan fingerprint density at radius 3 is 1.94 bits per heavy atom. The first-order valence-electron chi connectivity index (χ1n) is 6.98. The van der Waals surface area contributed by atoms with Crippen molar-refractivity contribution < 1.29 is 4.74 Å². The third kappa shape index (κ3) is 4.72. The van der Waals surface area contributed by atoms with E-state index in [1.54, 1.807) is 0 Å². The lowest BCUT2D eigenvalue weighted by Crippen LogP contribution is -2.24. The van der Waals surface area contributed by atoms with E-state index >= 15 is 0 Å². The second-order valence-corrected chi connectivity index (χ2v) is 6.99. The van der Waals surface area contributed by atoms with Gasteiger partial charge in [-0.2, -0.15) is 0 Å². The molecule has 0 spiro atoms. The molecule has 0 aromatic heterocycles. The highest BCUT2D eigenvalue weighted by Gasteiger charge is 2.27. The van der Waals surface area contributed by atoms with Crippen LogP contribution in [0.3, 0.4) is 0 Å². The largest absolute Gasteiger partial charge is 0.494 e. The number of rotatable bonds is 5. The van der Waals surface area contributed by atoms with Gasteiger partial charge in [-0.05, 0) is 41.4 Å². The lowest BCUT2D eigenvalue weighted by Gasteiger charge is -2.33. The Bertz CT molecular complexity index is 354. The summed E-state index contributed by atoms with van der Waals surface area (Å²) in [6, 6.07) is 8.60. The molecule has 1 rings (SSSR count). The summed E-state index contributed by atoms with van der Waals surface area (Å²) < 4.78 is 5.62. The minimum atomic E-state index is 0.210. The van der Waals surface area contributed by atoms with E-state index in [0.29, 0.717) is 5.41 Å². The molecule has 1 aromatic rings. The predicted octanol–water partition coefficient (Wildman–Crippen LogP) is 5.19. The van der Waals surface area contributed by atoms with Gasteiger partial charge in [0.15, 0.2) is 0 Å². The molecule has 0 atom stereocenters. The van der Waals surface area contributed by atoms with Gasteiger partial charge < -0.3 is 4.74 Å². The Labute approximate surface area is 113 Å². The highest BCUT2D eigenvalue weighted by atomic mass is 16.5. The van der Waals surface area contributed by atoms with Gasteiger partial charge in [-0.25, -0.2) is 0 Å². The first-order valence-corrected chi connectivity index (χ1v) is 6.98. The van der Waals surface area contributed by atoms with E-state index in [4.69, 9.17) is 4.74 Å². The summed E-state index contributed by atoms with van der Waals surface area (Å²) in [5.41, 5.74) is 1.95. The van der Waals surface area contributed by atoms with E-state index in [9.17, 15) is 0 Å². The molecule has 0 N–H and O–H groups in total. The molecule has 0 radical (unpaired) electrons. The van der Waals surface area contributed by atoms with Crippen LogP contribution in [0.25, 0.3) is 0 Å². The molecular weight excluding hydrogens is 220 g/mol. The summed E-state index contributed by atoms with van der Waals surface area (Å²) in [5, 5.41) is 0. The summed E-state index contributed by atoms with van der Waals surface area (Å²) in [5.74, 6) is 0.979. The van der Waals surface area contributed by atoms with Crippen molar-refractivity contribution in [2.24, 2.45) is 5.41 Å². The van der Waals surface area contributed by atoms with Crippen molar-refractivity contribution in [1.82, 2.24) is 0 Å². The van der Waals surface area contributed by atoms with E-state index in [0.717, 1.165) is 18.8 Å². The molecule has 0 aliphatic carbocycles. The fraction of sp³-hybridized carbons (Fsp3) is 0.647. The van der Waals surface area contributed by atoms with Crippen LogP contribution in [0.2, 0.25) is 0 Å². The molecule has 0 saturated carbocycles. The minimum Gasteiger partial charge on any atom is -0.494 e. The SMILES string of the molecule is CCCOc1ccc(C(C)(C)CC(C)(C)C)cc1.